The summed E-state index contributed by atoms with van der Waals surface area (Å²) in [5.41, 5.74) is 1.91. The fourth-order valence-corrected chi connectivity index (χ4v) is 3.84. The van der Waals surface area contributed by atoms with Crippen LogP contribution >= 0.6 is 11.8 Å². The highest BCUT2D eigenvalue weighted by molar-refractivity contribution is 7.99. The van der Waals surface area contributed by atoms with Crippen molar-refractivity contribution in [3.63, 3.8) is 0 Å². The molecule has 8 heteroatoms. The highest BCUT2D eigenvalue weighted by atomic mass is 32.2. The van der Waals surface area contributed by atoms with Crippen molar-refractivity contribution in [2.75, 3.05) is 25.0 Å². The van der Waals surface area contributed by atoms with Gasteiger partial charge >= 0.3 is 0 Å². The van der Waals surface area contributed by atoms with Crippen molar-refractivity contribution < 1.29 is 13.6 Å². The molecule has 0 aliphatic heterocycles. The average Bonchev–Trinajstić information content (AvgIpc) is 3.05. The van der Waals surface area contributed by atoms with Gasteiger partial charge in [0.15, 0.2) is 0 Å². The quantitative estimate of drug-likeness (QED) is 0.500. The lowest BCUT2D eigenvalue weighted by Gasteiger charge is -2.19. The van der Waals surface area contributed by atoms with E-state index in [0.717, 1.165) is 30.7 Å². The molecular weight excluding hydrogens is 394 g/mol. The van der Waals surface area contributed by atoms with Crippen LogP contribution in [0, 0.1) is 0 Å². The van der Waals surface area contributed by atoms with Crippen molar-refractivity contribution >= 4 is 34.7 Å². The summed E-state index contributed by atoms with van der Waals surface area (Å²) in [6.45, 7) is 7.55. The standard InChI is InChI=1S/C21H24F2N4OS/c1-3-26(4-2)13-14-27-17-11-7-6-10-16(17)24-21(27)25-19(28)15-9-5-8-12-18(15)29-20(22)23/h5-12,20H,3-4,13-14H2,1-2H3,(H,24,25,28). The van der Waals surface area contributed by atoms with E-state index >= 15 is 0 Å². The second-order valence-electron chi connectivity index (χ2n) is 6.43. The van der Waals surface area contributed by atoms with Crippen LogP contribution in [-0.4, -0.2) is 45.7 Å². The molecule has 0 saturated carbocycles. The molecule has 0 fully saturated rings. The highest BCUT2D eigenvalue weighted by Gasteiger charge is 2.18. The van der Waals surface area contributed by atoms with Crippen LogP contribution in [0.5, 0.6) is 0 Å². The first kappa shape index (κ1) is 21.3. The zero-order valence-electron chi connectivity index (χ0n) is 16.4. The first-order chi connectivity index (χ1) is 14.0. The third-order valence-corrected chi connectivity index (χ3v) is 5.55. The Hall–Kier alpha value is -2.45. The van der Waals surface area contributed by atoms with Gasteiger partial charge in [0, 0.05) is 18.0 Å². The average molecular weight is 419 g/mol. The fraction of sp³-hybridized carbons (Fsp3) is 0.333. The molecule has 0 unspecified atom stereocenters. The van der Waals surface area contributed by atoms with E-state index in [1.54, 1.807) is 18.2 Å². The van der Waals surface area contributed by atoms with Crippen molar-refractivity contribution in [1.29, 1.82) is 0 Å². The van der Waals surface area contributed by atoms with E-state index < -0.39 is 11.7 Å². The second kappa shape index (κ2) is 9.84. The minimum Gasteiger partial charge on any atom is -0.309 e. The summed E-state index contributed by atoms with van der Waals surface area (Å²) in [6.07, 6.45) is 0. The third-order valence-electron chi connectivity index (χ3n) is 4.76. The molecule has 3 aromatic rings. The van der Waals surface area contributed by atoms with Gasteiger partial charge in [-0.1, -0.05) is 49.9 Å². The molecule has 5 nitrogen and oxygen atoms in total. The number of fused-ring (bicyclic) bond motifs is 1. The zero-order valence-corrected chi connectivity index (χ0v) is 17.3. The number of aromatic nitrogens is 2. The summed E-state index contributed by atoms with van der Waals surface area (Å²) in [4.78, 5) is 19.9. The van der Waals surface area contributed by atoms with Gasteiger partial charge < -0.3 is 9.47 Å². The topological polar surface area (TPSA) is 50.2 Å². The predicted molar refractivity (Wildman–Crippen MR) is 114 cm³/mol. The second-order valence-corrected chi connectivity index (χ2v) is 7.46. The van der Waals surface area contributed by atoms with Crippen molar-refractivity contribution in [2.45, 2.75) is 31.0 Å². The Kier molecular flexibility index (Phi) is 7.22. The lowest BCUT2D eigenvalue weighted by Crippen LogP contribution is -2.27. The number of halogens is 2. The van der Waals surface area contributed by atoms with Gasteiger partial charge in [-0.15, -0.1) is 0 Å². The minimum absolute atomic E-state index is 0.208. The van der Waals surface area contributed by atoms with Gasteiger partial charge in [0.05, 0.1) is 16.6 Å². The molecule has 1 aromatic heterocycles. The Labute approximate surface area is 173 Å². The van der Waals surface area contributed by atoms with Crippen LogP contribution in [0.4, 0.5) is 14.7 Å². The van der Waals surface area contributed by atoms with Gasteiger partial charge in [-0.3, -0.25) is 10.1 Å². The molecule has 1 amide bonds. The Balaban J connectivity index is 1.90. The van der Waals surface area contributed by atoms with Gasteiger partial charge in [0.25, 0.3) is 11.7 Å². The zero-order chi connectivity index (χ0) is 20.8. The molecule has 2 aromatic carbocycles. The number of para-hydroxylation sites is 2. The van der Waals surface area contributed by atoms with Gasteiger partial charge in [0.1, 0.15) is 0 Å². The van der Waals surface area contributed by atoms with E-state index in [9.17, 15) is 13.6 Å². The molecule has 0 aliphatic carbocycles. The smallest absolute Gasteiger partial charge is 0.288 e. The van der Waals surface area contributed by atoms with E-state index in [4.69, 9.17) is 0 Å². The Morgan fingerprint density at radius 3 is 2.55 bits per heavy atom. The first-order valence-corrected chi connectivity index (χ1v) is 10.4. The number of carbonyl (C=O) groups is 1. The molecule has 3 rings (SSSR count). The number of hydrogen-bond donors (Lipinski definition) is 1. The number of anilines is 1. The molecular formula is C21H24F2N4OS. The fourth-order valence-electron chi connectivity index (χ4n) is 3.20. The van der Waals surface area contributed by atoms with Crippen LogP contribution in [0.25, 0.3) is 11.0 Å². The SMILES string of the molecule is CCN(CC)CCn1c(NC(=O)c2ccccc2SC(F)F)nc2ccccc21. The number of imidazole rings is 1. The Bertz CT molecular complexity index is 972. The van der Waals surface area contributed by atoms with Crippen LogP contribution in [0.3, 0.4) is 0 Å². The first-order valence-electron chi connectivity index (χ1n) is 9.56. The number of amides is 1. The summed E-state index contributed by atoms with van der Waals surface area (Å²) in [5, 5.41) is 2.83. The molecule has 0 aliphatic rings. The number of hydrogen-bond acceptors (Lipinski definition) is 4. The Morgan fingerprint density at radius 1 is 1.14 bits per heavy atom. The van der Waals surface area contributed by atoms with E-state index in [1.807, 2.05) is 28.8 Å². The van der Waals surface area contributed by atoms with Gasteiger partial charge in [-0.25, -0.2) is 4.98 Å². The number of alkyl halides is 2. The molecule has 0 saturated heterocycles. The summed E-state index contributed by atoms with van der Waals surface area (Å²) in [6, 6.07) is 14.0. The van der Waals surface area contributed by atoms with Gasteiger partial charge in [0.2, 0.25) is 5.95 Å². The number of nitrogens with zero attached hydrogens (tertiary/aromatic N) is 3. The van der Waals surface area contributed by atoms with E-state index in [0.29, 0.717) is 24.3 Å². The maximum absolute atomic E-state index is 12.9. The van der Waals surface area contributed by atoms with Crippen LogP contribution in [0.2, 0.25) is 0 Å². The van der Waals surface area contributed by atoms with Crippen molar-refractivity contribution in [3.8, 4) is 0 Å². The van der Waals surface area contributed by atoms with E-state index in [2.05, 4.69) is 29.0 Å². The van der Waals surface area contributed by atoms with Crippen molar-refractivity contribution in [1.82, 2.24) is 14.5 Å². The molecule has 1 N–H and O–H groups in total. The number of likely N-dealkylation sites (N-methyl/N-ethyl adjacent to an activating group) is 1. The molecule has 154 valence electrons. The lowest BCUT2D eigenvalue weighted by atomic mass is 10.2. The number of nitrogens with one attached hydrogen (secondary N) is 1. The summed E-state index contributed by atoms with van der Waals surface area (Å²) in [5.74, 6) is -2.63. The molecule has 0 bridgehead atoms. The summed E-state index contributed by atoms with van der Waals surface area (Å²) in [7, 11) is 0. The van der Waals surface area contributed by atoms with Gasteiger partial charge in [-0.2, -0.15) is 8.78 Å². The molecule has 0 radical (unpaired) electrons. The Morgan fingerprint density at radius 2 is 1.83 bits per heavy atom. The van der Waals surface area contributed by atoms with Crippen LogP contribution in [0.15, 0.2) is 53.4 Å². The maximum Gasteiger partial charge on any atom is 0.288 e. The summed E-state index contributed by atoms with van der Waals surface area (Å²) < 4.78 is 27.7. The molecule has 0 atom stereocenters. The third kappa shape index (κ3) is 5.13. The number of carbonyl (C=O) groups excluding carboxylic acids is 1. The predicted octanol–water partition coefficient (Wildman–Crippen LogP) is 4.95. The van der Waals surface area contributed by atoms with Crippen LogP contribution < -0.4 is 5.32 Å². The van der Waals surface area contributed by atoms with Gasteiger partial charge in [-0.05, 0) is 37.4 Å². The largest absolute Gasteiger partial charge is 0.309 e. The monoisotopic (exact) mass is 418 g/mol. The van der Waals surface area contributed by atoms with Crippen molar-refractivity contribution in [3.05, 3.63) is 54.1 Å². The molecule has 29 heavy (non-hydrogen) atoms. The molecule has 1 heterocycles. The lowest BCUT2D eigenvalue weighted by molar-refractivity contribution is 0.102. The van der Waals surface area contributed by atoms with Crippen LogP contribution in [-0.2, 0) is 6.54 Å². The molecule has 0 spiro atoms. The normalized spacial score (nSPS) is 11.5. The van der Waals surface area contributed by atoms with Crippen LogP contribution in [0.1, 0.15) is 24.2 Å². The van der Waals surface area contributed by atoms with Crippen molar-refractivity contribution in [2.24, 2.45) is 0 Å². The number of benzene rings is 2. The minimum atomic E-state index is -2.59. The number of rotatable bonds is 9. The van der Waals surface area contributed by atoms with E-state index in [-0.39, 0.29) is 10.5 Å². The maximum atomic E-state index is 12.9. The highest BCUT2D eigenvalue weighted by Crippen LogP contribution is 2.29. The van der Waals surface area contributed by atoms with E-state index in [1.165, 1.54) is 6.07 Å². The number of thioether (sulfide) groups is 1. The summed E-state index contributed by atoms with van der Waals surface area (Å²) >= 11 is 0.365.